The number of aromatic amines is 1. The van der Waals surface area contributed by atoms with Crippen LogP contribution in [0, 0.1) is 20.8 Å². The average molecular weight is 378 g/mol. The Morgan fingerprint density at radius 1 is 1.15 bits per heavy atom. The van der Waals surface area contributed by atoms with Crippen molar-refractivity contribution in [3.8, 4) is 16.4 Å². The molecule has 2 N–H and O–H groups in total. The number of hydrogen-bond acceptors (Lipinski definition) is 5. The molecule has 0 aliphatic rings. The van der Waals surface area contributed by atoms with E-state index in [0.717, 1.165) is 22.0 Å². The number of nitrogens with zero attached hydrogens (tertiary/aromatic N) is 4. The van der Waals surface area contributed by atoms with Crippen molar-refractivity contribution in [3.05, 3.63) is 64.4 Å². The molecule has 0 spiro atoms. The average Bonchev–Trinajstić information content (AvgIpc) is 3.35. The zero-order chi connectivity index (χ0) is 19.0. The van der Waals surface area contributed by atoms with Crippen molar-refractivity contribution in [1.82, 2.24) is 25.0 Å². The molecule has 4 rings (SSSR count). The van der Waals surface area contributed by atoms with E-state index in [2.05, 4.69) is 38.6 Å². The third-order valence-electron chi connectivity index (χ3n) is 4.06. The Morgan fingerprint density at radius 3 is 2.63 bits per heavy atom. The van der Waals surface area contributed by atoms with Crippen LogP contribution in [0.3, 0.4) is 0 Å². The van der Waals surface area contributed by atoms with Crippen LogP contribution in [-0.4, -0.2) is 30.9 Å². The quantitative estimate of drug-likeness (QED) is 0.564. The molecule has 0 saturated heterocycles. The number of amides is 1. The standard InChI is InChI=1S/C19H18N6OS/c1-11-8-12(2)25(24-11)18-7-5-14(10-20-18)19(26)21-17-9-15(22-23-17)16-6-4-13(3)27-16/h4-10H,1-3H3,(H2,21,22,23,26). The van der Waals surface area contributed by atoms with Gasteiger partial charge in [0, 0.05) is 22.8 Å². The summed E-state index contributed by atoms with van der Waals surface area (Å²) in [4.78, 5) is 19.1. The number of carbonyl (C=O) groups excluding carboxylic acids is 1. The van der Waals surface area contributed by atoms with Gasteiger partial charge in [0.2, 0.25) is 0 Å². The van der Waals surface area contributed by atoms with E-state index in [1.54, 1.807) is 28.2 Å². The highest BCUT2D eigenvalue weighted by molar-refractivity contribution is 7.15. The van der Waals surface area contributed by atoms with Gasteiger partial charge in [-0.05, 0) is 51.1 Å². The van der Waals surface area contributed by atoms with Crippen molar-refractivity contribution in [2.75, 3.05) is 5.32 Å². The lowest BCUT2D eigenvalue weighted by molar-refractivity contribution is 0.102. The molecule has 0 aromatic carbocycles. The fourth-order valence-electron chi connectivity index (χ4n) is 2.79. The number of thiophene rings is 1. The largest absolute Gasteiger partial charge is 0.305 e. The lowest BCUT2D eigenvalue weighted by atomic mass is 10.2. The van der Waals surface area contributed by atoms with E-state index < -0.39 is 0 Å². The highest BCUT2D eigenvalue weighted by Crippen LogP contribution is 2.27. The van der Waals surface area contributed by atoms with E-state index >= 15 is 0 Å². The predicted molar refractivity (Wildman–Crippen MR) is 105 cm³/mol. The zero-order valence-electron chi connectivity index (χ0n) is 15.1. The molecular weight excluding hydrogens is 360 g/mol. The predicted octanol–water partition coefficient (Wildman–Crippen LogP) is 3.90. The molecule has 7 nitrogen and oxygen atoms in total. The number of aromatic nitrogens is 5. The van der Waals surface area contributed by atoms with Gasteiger partial charge in [0.15, 0.2) is 11.6 Å². The van der Waals surface area contributed by atoms with Gasteiger partial charge in [0.1, 0.15) is 0 Å². The number of pyridine rings is 1. The van der Waals surface area contributed by atoms with E-state index in [1.807, 2.05) is 32.0 Å². The first kappa shape index (κ1) is 17.2. The maximum Gasteiger partial charge on any atom is 0.258 e. The van der Waals surface area contributed by atoms with E-state index in [1.165, 1.54) is 11.1 Å². The first-order valence-electron chi connectivity index (χ1n) is 8.43. The van der Waals surface area contributed by atoms with Crippen LogP contribution in [0.1, 0.15) is 26.6 Å². The summed E-state index contributed by atoms with van der Waals surface area (Å²) in [5.74, 6) is 0.888. The topological polar surface area (TPSA) is 88.5 Å². The number of carbonyl (C=O) groups is 1. The van der Waals surface area contributed by atoms with Gasteiger partial charge < -0.3 is 5.32 Å². The van der Waals surface area contributed by atoms with Crippen molar-refractivity contribution >= 4 is 23.1 Å². The first-order chi connectivity index (χ1) is 13.0. The van der Waals surface area contributed by atoms with Crippen LogP contribution in [0.25, 0.3) is 16.4 Å². The molecule has 4 aromatic heterocycles. The second kappa shape index (κ2) is 6.81. The van der Waals surface area contributed by atoms with Gasteiger partial charge in [-0.2, -0.15) is 10.2 Å². The summed E-state index contributed by atoms with van der Waals surface area (Å²) in [7, 11) is 0. The SMILES string of the molecule is Cc1cc(C)n(-c2ccc(C(=O)Nc3cc(-c4ccc(C)s4)[nH]n3)cn2)n1. The van der Waals surface area contributed by atoms with Crippen LogP contribution in [0.5, 0.6) is 0 Å². The molecule has 8 heteroatoms. The molecule has 0 fully saturated rings. The highest BCUT2D eigenvalue weighted by atomic mass is 32.1. The highest BCUT2D eigenvalue weighted by Gasteiger charge is 2.12. The summed E-state index contributed by atoms with van der Waals surface area (Å²) in [5, 5.41) is 14.3. The summed E-state index contributed by atoms with van der Waals surface area (Å²) < 4.78 is 1.75. The molecular formula is C19H18N6OS. The summed E-state index contributed by atoms with van der Waals surface area (Å²) in [6.07, 6.45) is 1.54. The summed E-state index contributed by atoms with van der Waals surface area (Å²) in [6.45, 7) is 5.95. The lowest BCUT2D eigenvalue weighted by Gasteiger charge is -2.05. The molecule has 4 aromatic rings. The van der Waals surface area contributed by atoms with Crippen LogP contribution < -0.4 is 5.32 Å². The Balaban J connectivity index is 1.49. The van der Waals surface area contributed by atoms with E-state index in [9.17, 15) is 4.79 Å². The molecule has 27 heavy (non-hydrogen) atoms. The second-order valence-corrected chi connectivity index (χ2v) is 7.56. The number of aryl methyl sites for hydroxylation is 3. The molecule has 0 saturated carbocycles. The van der Waals surface area contributed by atoms with E-state index in [-0.39, 0.29) is 5.91 Å². The number of rotatable bonds is 4. The van der Waals surface area contributed by atoms with Crippen LogP contribution in [0.2, 0.25) is 0 Å². The van der Waals surface area contributed by atoms with Crippen molar-refractivity contribution < 1.29 is 4.79 Å². The summed E-state index contributed by atoms with van der Waals surface area (Å²) >= 11 is 1.67. The molecule has 0 unspecified atom stereocenters. The van der Waals surface area contributed by atoms with Crippen LogP contribution in [0.4, 0.5) is 5.82 Å². The Bertz CT molecular complexity index is 1110. The van der Waals surface area contributed by atoms with Gasteiger partial charge in [-0.1, -0.05) is 0 Å². The summed E-state index contributed by atoms with van der Waals surface area (Å²) in [6, 6.07) is 11.4. The van der Waals surface area contributed by atoms with Crippen molar-refractivity contribution in [1.29, 1.82) is 0 Å². The number of anilines is 1. The maximum atomic E-state index is 12.5. The first-order valence-corrected chi connectivity index (χ1v) is 9.24. The number of nitrogens with one attached hydrogen (secondary N) is 2. The molecule has 0 atom stereocenters. The van der Waals surface area contributed by atoms with Gasteiger partial charge in [-0.15, -0.1) is 11.3 Å². The Labute approximate surface area is 160 Å². The zero-order valence-corrected chi connectivity index (χ0v) is 16.0. The van der Waals surface area contributed by atoms with Crippen molar-refractivity contribution in [2.45, 2.75) is 20.8 Å². The van der Waals surface area contributed by atoms with Crippen molar-refractivity contribution in [3.63, 3.8) is 0 Å². The number of hydrogen-bond donors (Lipinski definition) is 2. The fraction of sp³-hybridized carbons (Fsp3) is 0.158. The Hall–Kier alpha value is -3.26. The molecule has 4 heterocycles. The van der Waals surface area contributed by atoms with E-state index in [4.69, 9.17) is 0 Å². The maximum absolute atomic E-state index is 12.5. The molecule has 0 aliphatic carbocycles. The van der Waals surface area contributed by atoms with Crippen molar-refractivity contribution in [2.24, 2.45) is 0 Å². The minimum atomic E-state index is -0.261. The molecule has 0 bridgehead atoms. The number of H-pyrrole nitrogens is 1. The van der Waals surface area contributed by atoms with Crippen LogP contribution >= 0.6 is 11.3 Å². The van der Waals surface area contributed by atoms with Gasteiger partial charge in [-0.3, -0.25) is 9.89 Å². The third kappa shape index (κ3) is 3.52. The van der Waals surface area contributed by atoms with E-state index in [0.29, 0.717) is 17.2 Å². The molecule has 136 valence electrons. The van der Waals surface area contributed by atoms with Gasteiger partial charge in [0.25, 0.3) is 5.91 Å². The van der Waals surface area contributed by atoms with Crippen LogP contribution in [0.15, 0.2) is 42.6 Å². The smallest absolute Gasteiger partial charge is 0.258 e. The minimum absolute atomic E-state index is 0.261. The Morgan fingerprint density at radius 2 is 2.00 bits per heavy atom. The van der Waals surface area contributed by atoms with Gasteiger partial charge in [-0.25, -0.2) is 9.67 Å². The third-order valence-corrected chi connectivity index (χ3v) is 5.10. The van der Waals surface area contributed by atoms with Crippen LogP contribution in [-0.2, 0) is 0 Å². The van der Waals surface area contributed by atoms with Gasteiger partial charge in [0.05, 0.1) is 21.8 Å². The monoisotopic (exact) mass is 378 g/mol. The molecule has 0 aliphatic heterocycles. The summed E-state index contributed by atoms with van der Waals surface area (Å²) in [5.41, 5.74) is 3.25. The normalized spacial score (nSPS) is 10.9. The molecule has 1 amide bonds. The lowest BCUT2D eigenvalue weighted by Crippen LogP contribution is -2.13. The second-order valence-electron chi connectivity index (χ2n) is 6.28. The Kier molecular flexibility index (Phi) is 4.33. The fourth-order valence-corrected chi connectivity index (χ4v) is 3.62. The minimum Gasteiger partial charge on any atom is -0.305 e. The van der Waals surface area contributed by atoms with Gasteiger partial charge >= 0.3 is 0 Å². The molecule has 0 radical (unpaired) electrons.